The number of alkyl halides is 1. The largest absolute Gasteiger partial charge is 0.497 e. The molecule has 0 heterocycles. The fraction of sp³-hybridized carbons (Fsp3) is 0.462. The van der Waals surface area contributed by atoms with Crippen molar-refractivity contribution < 1.29 is 9.53 Å². The molecule has 0 N–H and O–H groups in total. The number of amides is 1. The van der Waals surface area contributed by atoms with Gasteiger partial charge in [0.2, 0.25) is 5.91 Å². The van der Waals surface area contributed by atoms with Crippen LogP contribution in [0.1, 0.15) is 13.8 Å². The van der Waals surface area contributed by atoms with Crippen molar-refractivity contribution >= 4 is 23.2 Å². The molecule has 0 unspecified atom stereocenters. The standard InChI is InChI=1S/C13H18ClNO2/c1-10(2)9-15(13(16)8-14)11-5-4-6-12(7-11)17-3/h4-7,10H,8-9H2,1-3H3. The molecule has 0 aliphatic heterocycles. The highest BCUT2D eigenvalue weighted by atomic mass is 35.5. The molecule has 1 aromatic carbocycles. The van der Waals surface area contributed by atoms with Crippen molar-refractivity contribution in [3.05, 3.63) is 24.3 Å². The maximum absolute atomic E-state index is 11.8. The van der Waals surface area contributed by atoms with E-state index in [0.717, 1.165) is 11.4 Å². The number of ether oxygens (including phenoxy) is 1. The molecule has 0 radical (unpaired) electrons. The van der Waals surface area contributed by atoms with Crippen LogP contribution in [0.4, 0.5) is 5.69 Å². The van der Waals surface area contributed by atoms with Crippen LogP contribution in [0.25, 0.3) is 0 Å². The SMILES string of the molecule is COc1cccc(N(CC(C)C)C(=O)CCl)c1. The number of hydrogen-bond acceptors (Lipinski definition) is 2. The van der Waals surface area contributed by atoms with Crippen LogP contribution in [-0.2, 0) is 4.79 Å². The van der Waals surface area contributed by atoms with Gasteiger partial charge in [0.25, 0.3) is 0 Å². The Morgan fingerprint density at radius 2 is 2.18 bits per heavy atom. The predicted octanol–water partition coefficient (Wildman–Crippen LogP) is 2.92. The second kappa shape index (κ2) is 6.50. The third kappa shape index (κ3) is 3.93. The summed E-state index contributed by atoms with van der Waals surface area (Å²) in [4.78, 5) is 13.5. The van der Waals surface area contributed by atoms with Gasteiger partial charge in [0.05, 0.1) is 7.11 Å². The summed E-state index contributed by atoms with van der Waals surface area (Å²) in [6.07, 6.45) is 0. The van der Waals surface area contributed by atoms with Crippen LogP contribution in [0.2, 0.25) is 0 Å². The van der Waals surface area contributed by atoms with E-state index in [1.54, 1.807) is 12.0 Å². The minimum Gasteiger partial charge on any atom is -0.497 e. The average Bonchev–Trinajstić information content (AvgIpc) is 2.35. The molecule has 4 heteroatoms. The van der Waals surface area contributed by atoms with Crippen molar-refractivity contribution in [2.75, 3.05) is 24.4 Å². The van der Waals surface area contributed by atoms with E-state index in [1.165, 1.54) is 0 Å². The lowest BCUT2D eigenvalue weighted by Gasteiger charge is -2.24. The number of hydrogen-bond donors (Lipinski definition) is 0. The molecule has 0 aliphatic carbocycles. The van der Waals surface area contributed by atoms with Gasteiger partial charge in [-0.15, -0.1) is 11.6 Å². The Bertz CT molecular complexity index is 379. The van der Waals surface area contributed by atoms with Gasteiger partial charge >= 0.3 is 0 Å². The van der Waals surface area contributed by atoms with Gasteiger partial charge in [-0.2, -0.15) is 0 Å². The molecule has 0 aromatic heterocycles. The van der Waals surface area contributed by atoms with Gasteiger partial charge in [-0.05, 0) is 18.1 Å². The topological polar surface area (TPSA) is 29.5 Å². The van der Waals surface area contributed by atoms with Crippen molar-refractivity contribution in [2.45, 2.75) is 13.8 Å². The Morgan fingerprint density at radius 3 is 2.71 bits per heavy atom. The van der Waals surface area contributed by atoms with Crippen LogP contribution in [-0.4, -0.2) is 25.4 Å². The zero-order valence-electron chi connectivity index (χ0n) is 10.4. The minimum atomic E-state index is -0.0892. The molecule has 94 valence electrons. The molecule has 0 aliphatic rings. The Morgan fingerprint density at radius 1 is 1.47 bits per heavy atom. The van der Waals surface area contributed by atoms with Gasteiger partial charge in [0.1, 0.15) is 11.6 Å². The summed E-state index contributed by atoms with van der Waals surface area (Å²) in [6, 6.07) is 7.44. The Labute approximate surface area is 107 Å². The molecule has 0 saturated heterocycles. The molecule has 1 rings (SSSR count). The molecule has 1 aromatic rings. The first kappa shape index (κ1) is 13.8. The fourth-order valence-electron chi connectivity index (χ4n) is 1.57. The summed E-state index contributed by atoms with van der Waals surface area (Å²) in [5.41, 5.74) is 0.823. The zero-order chi connectivity index (χ0) is 12.8. The second-order valence-corrected chi connectivity index (χ2v) is 4.50. The third-order valence-corrected chi connectivity index (χ3v) is 2.56. The fourth-order valence-corrected chi connectivity index (χ4v) is 1.71. The monoisotopic (exact) mass is 255 g/mol. The summed E-state index contributed by atoms with van der Waals surface area (Å²) < 4.78 is 5.15. The van der Waals surface area contributed by atoms with E-state index in [-0.39, 0.29) is 11.8 Å². The maximum atomic E-state index is 11.8. The van der Waals surface area contributed by atoms with Crippen LogP contribution in [0.15, 0.2) is 24.3 Å². The Hall–Kier alpha value is -1.22. The van der Waals surface area contributed by atoms with Gasteiger partial charge in [0.15, 0.2) is 0 Å². The lowest BCUT2D eigenvalue weighted by Crippen LogP contribution is -2.35. The summed E-state index contributed by atoms with van der Waals surface area (Å²) in [5.74, 6) is 1.02. The van der Waals surface area contributed by atoms with Crippen molar-refractivity contribution in [1.29, 1.82) is 0 Å². The lowest BCUT2D eigenvalue weighted by molar-refractivity contribution is -0.116. The Balaban J connectivity index is 2.98. The number of anilines is 1. The number of carbonyl (C=O) groups excluding carboxylic acids is 1. The molecular formula is C13H18ClNO2. The first-order chi connectivity index (χ1) is 8.08. The van der Waals surface area contributed by atoms with Crippen LogP contribution in [0, 0.1) is 5.92 Å². The predicted molar refractivity (Wildman–Crippen MR) is 70.9 cm³/mol. The van der Waals surface area contributed by atoms with Gasteiger partial charge < -0.3 is 9.64 Å². The first-order valence-electron chi connectivity index (χ1n) is 5.59. The third-order valence-electron chi connectivity index (χ3n) is 2.33. The van der Waals surface area contributed by atoms with Crippen molar-refractivity contribution in [3.63, 3.8) is 0 Å². The number of nitrogens with zero attached hydrogens (tertiary/aromatic N) is 1. The van der Waals surface area contributed by atoms with E-state index < -0.39 is 0 Å². The highest BCUT2D eigenvalue weighted by Crippen LogP contribution is 2.22. The molecule has 17 heavy (non-hydrogen) atoms. The molecule has 0 fully saturated rings. The minimum absolute atomic E-state index is 0.00999. The number of benzene rings is 1. The normalized spacial score (nSPS) is 10.4. The molecule has 3 nitrogen and oxygen atoms in total. The molecular weight excluding hydrogens is 238 g/mol. The first-order valence-corrected chi connectivity index (χ1v) is 6.12. The highest BCUT2D eigenvalue weighted by molar-refractivity contribution is 6.29. The zero-order valence-corrected chi connectivity index (χ0v) is 11.2. The summed E-state index contributed by atoms with van der Waals surface area (Å²) in [7, 11) is 1.61. The number of methoxy groups -OCH3 is 1. The van der Waals surface area contributed by atoms with Crippen LogP contribution in [0.5, 0.6) is 5.75 Å². The molecule has 0 saturated carbocycles. The van der Waals surface area contributed by atoms with Gasteiger partial charge in [-0.25, -0.2) is 0 Å². The maximum Gasteiger partial charge on any atom is 0.241 e. The number of carbonyl (C=O) groups is 1. The van der Waals surface area contributed by atoms with Gasteiger partial charge in [-0.3, -0.25) is 4.79 Å². The smallest absolute Gasteiger partial charge is 0.241 e. The van der Waals surface area contributed by atoms with Crippen LogP contribution in [0.3, 0.4) is 0 Å². The second-order valence-electron chi connectivity index (χ2n) is 4.23. The van der Waals surface area contributed by atoms with E-state index in [0.29, 0.717) is 12.5 Å². The van der Waals surface area contributed by atoms with Crippen molar-refractivity contribution in [3.8, 4) is 5.75 Å². The molecule has 0 bridgehead atoms. The molecule has 0 atom stereocenters. The lowest BCUT2D eigenvalue weighted by atomic mass is 10.2. The quantitative estimate of drug-likeness (QED) is 0.757. The van der Waals surface area contributed by atoms with E-state index in [9.17, 15) is 4.79 Å². The van der Waals surface area contributed by atoms with Gasteiger partial charge in [0, 0.05) is 18.3 Å². The van der Waals surface area contributed by atoms with Gasteiger partial charge in [-0.1, -0.05) is 19.9 Å². The van der Waals surface area contributed by atoms with Crippen LogP contribution >= 0.6 is 11.6 Å². The Kier molecular flexibility index (Phi) is 5.29. The highest BCUT2D eigenvalue weighted by Gasteiger charge is 2.16. The van der Waals surface area contributed by atoms with E-state index >= 15 is 0 Å². The summed E-state index contributed by atoms with van der Waals surface area (Å²) in [5, 5.41) is 0. The summed E-state index contributed by atoms with van der Waals surface area (Å²) >= 11 is 5.63. The molecule has 1 amide bonds. The average molecular weight is 256 g/mol. The van der Waals surface area contributed by atoms with E-state index in [4.69, 9.17) is 16.3 Å². The number of rotatable bonds is 5. The van der Waals surface area contributed by atoms with Crippen molar-refractivity contribution in [2.24, 2.45) is 5.92 Å². The number of halogens is 1. The van der Waals surface area contributed by atoms with E-state index in [1.807, 2.05) is 24.3 Å². The van der Waals surface area contributed by atoms with E-state index in [2.05, 4.69) is 13.8 Å². The molecule has 0 spiro atoms. The summed E-state index contributed by atoms with van der Waals surface area (Å²) in [6.45, 7) is 4.78. The van der Waals surface area contributed by atoms with Crippen molar-refractivity contribution in [1.82, 2.24) is 0 Å². The van der Waals surface area contributed by atoms with Crippen LogP contribution < -0.4 is 9.64 Å².